The Morgan fingerprint density at radius 3 is 2.62 bits per heavy atom. The molecule has 0 aliphatic carbocycles. The monoisotopic (exact) mass is 278 g/mol. The molecule has 2 aromatic heterocycles. The summed E-state index contributed by atoms with van der Waals surface area (Å²) in [6, 6.07) is 14.3. The van der Waals surface area contributed by atoms with E-state index in [-0.39, 0.29) is 5.69 Å². The Hall–Kier alpha value is -3.15. The lowest BCUT2D eigenvalue weighted by molar-refractivity contribution is -0.384. The van der Waals surface area contributed by atoms with Gasteiger partial charge in [0.15, 0.2) is 0 Å². The normalized spacial score (nSPS) is 11.2. The van der Waals surface area contributed by atoms with Crippen molar-refractivity contribution < 1.29 is 4.92 Å². The highest BCUT2D eigenvalue weighted by Crippen LogP contribution is 2.24. The van der Waals surface area contributed by atoms with E-state index in [1.165, 1.54) is 12.1 Å². The van der Waals surface area contributed by atoms with Crippen molar-refractivity contribution in [2.45, 2.75) is 0 Å². The Balaban J connectivity index is 1.85. The number of aromatic amines is 1. The number of nitro groups is 1. The van der Waals surface area contributed by atoms with Crippen molar-refractivity contribution >= 4 is 22.5 Å². The van der Waals surface area contributed by atoms with Crippen LogP contribution < -0.4 is 0 Å². The van der Waals surface area contributed by atoms with Crippen LogP contribution in [0.15, 0.2) is 54.7 Å². The fourth-order valence-corrected chi connectivity index (χ4v) is 2.45. The van der Waals surface area contributed by atoms with Crippen LogP contribution in [0.5, 0.6) is 0 Å². The molecule has 0 aliphatic rings. The highest BCUT2D eigenvalue weighted by Gasteiger charge is 2.10. The summed E-state index contributed by atoms with van der Waals surface area (Å²) < 4.78 is 1.98. The van der Waals surface area contributed by atoms with Gasteiger partial charge in [0.05, 0.1) is 21.7 Å². The first kappa shape index (κ1) is 11.7. The van der Waals surface area contributed by atoms with Crippen LogP contribution in [0, 0.1) is 10.1 Å². The largest absolute Gasteiger partial charge is 0.323 e. The lowest BCUT2D eigenvalue weighted by atomic mass is 10.1. The minimum atomic E-state index is -0.404. The second kappa shape index (κ2) is 4.17. The molecule has 0 amide bonds. The topological polar surface area (TPSA) is 76.2 Å². The Morgan fingerprint density at radius 1 is 1.10 bits per heavy atom. The molecule has 0 atom stereocenters. The number of fused-ring (bicyclic) bond motifs is 3. The number of benzene rings is 2. The molecule has 0 bridgehead atoms. The predicted molar refractivity (Wildman–Crippen MR) is 79.1 cm³/mol. The van der Waals surface area contributed by atoms with Crippen molar-refractivity contribution in [3.63, 3.8) is 0 Å². The van der Waals surface area contributed by atoms with Gasteiger partial charge in [-0.25, -0.2) is 4.98 Å². The van der Waals surface area contributed by atoms with E-state index in [0.717, 1.165) is 28.1 Å². The summed E-state index contributed by atoms with van der Waals surface area (Å²) in [6.45, 7) is 0. The minimum absolute atomic E-state index is 0.0838. The lowest BCUT2D eigenvalue weighted by Crippen LogP contribution is -1.87. The molecule has 0 aliphatic heterocycles. The summed E-state index contributed by atoms with van der Waals surface area (Å²) in [5, 5.41) is 10.7. The molecule has 21 heavy (non-hydrogen) atoms. The molecular weight excluding hydrogens is 268 g/mol. The molecule has 0 unspecified atom stereocenters. The Kier molecular flexibility index (Phi) is 2.32. The summed E-state index contributed by atoms with van der Waals surface area (Å²) in [7, 11) is 0. The van der Waals surface area contributed by atoms with E-state index in [1.54, 1.807) is 12.1 Å². The van der Waals surface area contributed by atoms with Crippen molar-refractivity contribution in [2.75, 3.05) is 0 Å². The second-order valence-corrected chi connectivity index (χ2v) is 4.77. The molecule has 2 heterocycles. The molecule has 4 rings (SSSR count). The third-order valence-corrected chi connectivity index (χ3v) is 3.49. The van der Waals surface area contributed by atoms with Crippen LogP contribution in [0.2, 0.25) is 0 Å². The number of nitrogens with one attached hydrogen (secondary N) is 1. The highest BCUT2D eigenvalue weighted by atomic mass is 16.6. The summed E-state index contributed by atoms with van der Waals surface area (Å²) >= 11 is 0. The number of imidazole rings is 2. The summed E-state index contributed by atoms with van der Waals surface area (Å²) in [5.74, 6) is 0.754. The van der Waals surface area contributed by atoms with Gasteiger partial charge in [-0.05, 0) is 24.3 Å². The smallest absolute Gasteiger partial charge is 0.269 e. The first-order valence-electron chi connectivity index (χ1n) is 6.43. The van der Waals surface area contributed by atoms with Crippen LogP contribution in [0.3, 0.4) is 0 Å². The maximum atomic E-state index is 10.7. The number of non-ortho nitro benzene ring substituents is 1. The van der Waals surface area contributed by atoms with Crippen LogP contribution in [-0.4, -0.2) is 19.3 Å². The SMILES string of the molecule is O=[N+]([O-])c1ccc(-c2cn3c(nc4ccccc43)[nH]2)cc1. The molecule has 102 valence electrons. The first-order valence-corrected chi connectivity index (χ1v) is 6.43. The van der Waals surface area contributed by atoms with Gasteiger partial charge < -0.3 is 4.98 Å². The molecule has 0 spiro atoms. The standard InChI is InChI=1S/C15H10N4O2/c20-19(21)11-7-5-10(6-8-11)13-9-18-14-4-2-1-3-12(14)16-15(18)17-13/h1-9H,(H,16,17). The highest BCUT2D eigenvalue weighted by molar-refractivity contribution is 5.81. The summed E-state index contributed by atoms with van der Waals surface area (Å²) in [5.41, 5.74) is 3.80. The summed E-state index contributed by atoms with van der Waals surface area (Å²) in [4.78, 5) is 18.0. The zero-order valence-electron chi connectivity index (χ0n) is 10.9. The number of nitro benzene ring substituents is 1. The van der Waals surface area contributed by atoms with E-state index in [9.17, 15) is 10.1 Å². The van der Waals surface area contributed by atoms with E-state index in [2.05, 4.69) is 9.97 Å². The Labute approximate surface area is 118 Å². The van der Waals surface area contributed by atoms with E-state index < -0.39 is 4.92 Å². The molecule has 1 N–H and O–H groups in total. The minimum Gasteiger partial charge on any atom is -0.323 e. The number of hydrogen-bond acceptors (Lipinski definition) is 3. The molecular formula is C15H10N4O2. The second-order valence-electron chi connectivity index (χ2n) is 4.77. The van der Waals surface area contributed by atoms with Gasteiger partial charge in [0.25, 0.3) is 5.69 Å². The molecule has 0 saturated heterocycles. The van der Waals surface area contributed by atoms with Crippen LogP contribution in [-0.2, 0) is 0 Å². The predicted octanol–water partition coefficient (Wildman–Crippen LogP) is 3.39. The average molecular weight is 278 g/mol. The molecule has 4 aromatic rings. The third-order valence-electron chi connectivity index (χ3n) is 3.49. The van der Waals surface area contributed by atoms with Gasteiger partial charge >= 0.3 is 0 Å². The van der Waals surface area contributed by atoms with Crippen molar-refractivity contribution in [1.82, 2.24) is 14.4 Å². The molecule has 6 heteroatoms. The van der Waals surface area contributed by atoms with E-state index in [4.69, 9.17) is 0 Å². The van der Waals surface area contributed by atoms with Crippen molar-refractivity contribution in [3.8, 4) is 11.3 Å². The van der Waals surface area contributed by atoms with Gasteiger partial charge in [-0.1, -0.05) is 12.1 Å². The Bertz CT molecular complexity index is 966. The molecule has 6 nitrogen and oxygen atoms in total. The van der Waals surface area contributed by atoms with Gasteiger partial charge in [-0.15, -0.1) is 0 Å². The van der Waals surface area contributed by atoms with Crippen LogP contribution in [0.1, 0.15) is 0 Å². The number of hydrogen-bond donors (Lipinski definition) is 1. The van der Waals surface area contributed by atoms with Gasteiger partial charge in [0.2, 0.25) is 5.78 Å². The molecule has 0 radical (unpaired) electrons. The van der Waals surface area contributed by atoms with Crippen LogP contribution in [0.25, 0.3) is 28.1 Å². The van der Waals surface area contributed by atoms with Crippen LogP contribution in [0.4, 0.5) is 5.69 Å². The van der Waals surface area contributed by atoms with Crippen LogP contribution >= 0.6 is 0 Å². The fraction of sp³-hybridized carbons (Fsp3) is 0. The maximum absolute atomic E-state index is 10.7. The number of rotatable bonds is 2. The zero-order chi connectivity index (χ0) is 14.4. The Morgan fingerprint density at radius 2 is 1.86 bits per heavy atom. The molecule has 0 saturated carbocycles. The van der Waals surface area contributed by atoms with E-state index in [0.29, 0.717) is 0 Å². The third kappa shape index (κ3) is 1.77. The van der Waals surface area contributed by atoms with Gasteiger partial charge in [0, 0.05) is 23.9 Å². The van der Waals surface area contributed by atoms with E-state index in [1.807, 2.05) is 34.9 Å². The van der Waals surface area contributed by atoms with Gasteiger partial charge in [-0.3, -0.25) is 14.5 Å². The first-order chi connectivity index (χ1) is 10.2. The number of nitrogens with zero attached hydrogens (tertiary/aromatic N) is 3. The van der Waals surface area contributed by atoms with Crippen molar-refractivity contribution in [2.24, 2.45) is 0 Å². The fourth-order valence-electron chi connectivity index (χ4n) is 2.45. The van der Waals surface area contributed by atoms with Crippen molar-refractivity contribution in [3.05, 3.63) is 64.8 Å². The quantitative estimate of drug-likeness (QED) is 0.451. The number of H-pyrrole nitrogens is 1. The molecule has 2 aromatic carbocycles. The average Bonchev–Trinajstić information content (AvgIpc) is 3.05. The van der Waals surface area contributed by atoms with Gasteiger partial charge in [0.1, 0.15) is 0 Å². The maximum Gasteiger partial charge on any atom is 0.269 e. The van der Waals surface area contributed by atoms with E-state index >= 15 is 0 Å². The van der Waals surface area contributed by atoms with Crippen molar-refractivity contribution in [1.29, 1.82) is 0 Å². The zero-order valence-corrected chi connectivity index (χ0v) is 10.9. The number of aromatic nitrogens is 3. The number of para-hydroxylation sites is 2. The van der Waals surface area contributed by atoms with Gasteiger partial charge in [-0.2, -0.15) is 0 Å². The molecule has 0 fully saturated rings. The lowest BCUT2D eigenvalue weighted by Gasteiger charge is -1.96. The summed E-state index contributed by atoms with van der Waals surface area (Å²) in [6.07, 6.45) is 1.95.